The third-order valence-electron chi connectivity index (χ3n) is 15.6. The molecular weight excluding hydrogens is 1290 g/mol. The van der Waals surface area contributed by atoms with Gasteiger partial charge in [-0.15, -0.1) is 0 Å². The van der Waals surface area contributed by atoms with E-state index in [4.69, 9.17) is 98.5 Å². The molecule has 0 aromatic heterocycles. The van der Waals surface area contributed by atoms with Crippen molar-refractivity contribution in [1.29, 1.82) is 0 Å². The summed E-state index contributed by atoms with van der Waals surface area (Å²) in [6.07, 6.45) is -44.2. The minimum Gasteiger partial charge on any atom is -0.394 e. The summed E-state index contributed by atoms with van der Waals surface area (Å²) in [5, 5.41) is 118. The van der Waals surface area contributed by atoms with Crippen LogP contribution in [0.2, 0.25) is 0 Å². The highest BCUT2D eigenvalue weighted by atomic mass is 32.3. The molecule has 32 atom stereocenters. The van der Waals surface area contributed by atoms with E-state index < -0.39 is 293 Å². The number of nitrogens with two attached hydrogens (primary N) is 4. The van der Waals surface area contributed by atoms with Crippen LogP contribution < -0.4 is 22.9 Å². The van der Waals surface area contributed by atoms with Gasteiger partial charge in [-0.05, 0) is 0 Å². The van der Waals surface area contributed by atoms with Gasteiger partial charge < -0.3 is 150 Å². The molecule has 8 saturated heterocycles. The molecule has 0 bridgehead atoms. The number of rotatable bonds is 24. The van der Waals surface area contributed by atoms with E-state index >= 15 is 0 Å². The van der Waals surface area contributed by atoms with Gasteiger partial charge in [0.15, 0.2) is 50.3 Å². The summed E-state index contributed by atoms with van der Waals surface area (Å²) in [6, 6.07) is -6.04. The Hall–Kier alpha value is -1.59. The van der Waals surface area contributed by atoms with Crippen LogP contribution >= 0.6 is 0 Å². The van der Waals surface area contributed by atoms with E-state index in [2.05, 4.69) is 12.5 Å². The molecule has 0 aliphatic carbocycles. The zero-order valence-electron chi connectivity index (χ0n) is 46.6. The number of hydrogen-bond donors (Lipinski definition) is 18. The van der Waals surface area contributed by atoms with Gasteiger partial charge in [-0.2, -0.15) is 25.3 Å². The van der Waals surface area contributed by atoms with Crippen molar-refractivity contribution < 1.29 is 179 Å². The van der Waals surface area contributed by atoms with Crippen molar-refractivity contribution in [3.63, 3.8) is 0 Å². The molecule has 8 heterocycles. The summed E-state index contributed by atoms with van der Waals surface area (Å²) in [5.74, 6) is 0. The van der Waals surface area contributed by atoms with E-state index in [9.17, 15) is 90.5 Å². The lowest BCUT2D eigenvalue weighted by atomic mass is 9.96. The first-order chi connectivity index (χ1) is 41.7. The van der Waals surface area contributed by atoms with E-state index in [-0.39, 0.29) is 13.0 Å². The van der Waals surface area contributed by atoms with Crippen LogP contribution in [0.4, 0.5) is 0 Å². The van der Waals surface area contributed by atoms with Gasteiger partial charge in [0.1, 0.15) is 97.7 Å². The second kappa shape index (κ2) is 31.1. The summed E-state index contributed by atoms with van der Waals surface area (Å²) in [5.41, 5.74) is 24.7. The first kappa shape index (κ1) is 73.2. The first-order valence-electron chi connectivity index (χ1n) is 27.6. The summed E-state index contributed by atoms with van der Waals surface area (Å²) in [4.78, 5) is 0. The van der Waals surface area contributed by atoms with Crippen LogP contribution in [0.1, 0.15) is 25.7 Å². The van der Waals surface area contributed by atoms with Crippen molar-refractivity contribution in [2.75, 3.05) is 52.9 Å². The minimum absolute atomic E-state index is 0.173. The lowest BCUT2D eigenvalue weighted by Gasteiger charge is -2.47. The van der Waals surface area contributed by atoms with Crippen molar-refractivity contribution in [3.8, 4) is 0 Å². The van der Waals surface area contributed by atoms with Crippen LogP contribution in [0.5, 0.6) is 0 Å². The van der Waals surface area contributed by atoms with E-state index in [1.807, 2.05) is 0 Å². The lowest BCUT2D eigenvalue weighted by Crippen LogP contribution is -2.66. The summed E-state index contributed by atoms with van der Waals surface area (Å²) in [6.45, 7) is -5.69. The van der Waals surface area contributed by atoms with Gasteiger partial charge in [0.2, 0.25) is 0 Å². The smallest absolute Gasteiger partial charge is 0.394 e. The van der Waals surface area contributed by atoms with Crippen LogP contribution in [-0.4, -0.2) is 345 Å². The van der Waals surface area contributed by atoms with Crippen molar-refractivity contribution in [1.82, 2.24) is 0 Å². The number of aliphatic hydroxyl groups is 11. The molecule has 8 rings (SSSR count). The maximum absolute atomic E-state index is 11.7. The SMILES string of the molecule is NC1[C@H](O[C@@H]2CO[C@@H](O[C@@H]3C(COS(=O)(=O)O)O[C@@H](O[C@@H]4CO[C@@H](O[C@@H]5C(COS(=O)(=O)O)O[C@H](O)C(N)[C@H]5O)C[C@@H]4O)C(N)[C@H]3O)C[C@@H]2O)OC(COS(=O)(=O)O)[C@@H](O[C@H]2C[C@H](O)[C@H](O[C@@H]3OC(CO)[C@@H](O[C@H]4C[C@H](O)[C@H](O)CO4)[C@@H](O)C3N)CO2)[C@@H]1O. The molecule has 8 fully saturated rings. The fourth-order valence-electron chi connectivity index (χ4n) is 10.7. The Kier molecular flexibility index (Phi) is 25.6. The second-order valence-corrected chi connectivity index (χ2v) is 25.3. The molecule has 42 nitrogen and oxygen atoms in total. The maximum Gasteiger partial charge on any atom is 0.397 e. The lowest BCUT2D eigenvalue weighted by molar-refractivity contribution is -0.350. The van der Waals surface area contributed by atoms with Gasteiger partial charge in [-0.3, -0.25) is 13.7 Å². The third-order valence-corrected chi connectivity index (χ3v) is 16.9. The van der Waals surface area contributed by atoms with Crippen LogP contribution in [0, 0.1) is 0 Å². The number of hydrogen-bond acceptors (Lipinski definition) is 39. The van der Waals surface area contributed by atoms with Gasteiger partial charge in [0.05, 0.1) is 101 Å². The predicted molar refractivity (Wildman–Crippen MR) is 274 cm³/mol. The maximum atomic E-state index is 11.7. The Labute approximate surface area is 506 Å². The first-order valence-corrected chi connectivity index (χ1v) is 31.7. The van der Waals surface area contributed by atoms with E-state index in [0.717, 1.165) is 0 Å². The molecule has 0 aromatic rings. The zero-order chi connectivity index (χ0) is 65.2. The standard InChI is InChI=1S/C44H78N4O38S3/c45-29-33(55)38(22(76-41(29)59)10-73-87(60,61)62)84-26-2-15(52)20(8-70-26)79-43-31(47)36(58)40(24(81-43)12-75-89(66,67)68)86-28-4-16(53)21(9-72-28)80-44-32(48)35(57)39(23(82-44)11-74-88(63,64)65)85-27-3-14(51)19(7-71-27)78-42-30(46)34(56)37(18(5-49)77-42)83-25-1-13(50)17(54)6-69-25/h13-44,49-59H,1-12,45-48H2,(H,60,61,62)(H,63,64,65)(H,66,67,68)/t13-,14-,15-,16-,17+,18?,19+,20+,21+,22?,23?,24?,25-,26-,27-,28-,29?,30?,31?,32?,33+,34-,35+,36+,37+,38+,39+,40+,41-,42-,43+,44+/m0/s1. The molecule has 89 heavy (non-hydrogen) atoms. The normalized spacial score (nSPS) is 47.4. The molecule has 0 aromatic carbocycles. The summed E-state index contributed by atoms with van der Waals surface area (Å²) < 4.78 is 197. The third kappa shape index (κ3) is 19.3. The van der Waals surface area contributed by atoms with Gasteiger partial charge in [-0.25, -0.2) is 12.5 Å². The molecular formula is C44H78N4O38S3. The molecule has 45 heteroatoms. The van der Waals surface area contributed by atoms with Crippen molar-refractivity contribution in [2.24, 2.45) is 22.9 Å². The number of ether oxygens (including phenoxy) is 15. The molecule has 0 amide bonds. The molecule has 0 radical (unpaired) electrons. The van der Waals surface area contributed by atoms with Crippen LogP contribution in [0.15, 0.2) is 0 Å². The molecule has 22 N–H and O–H groups in total. The molecule has 8 aliphatic rings. The van der Waals surface area contributed by atoms with Gasteiger partial charge in [0.25, 0.3) is 0 Å². The molecule has 8 unspecified atom stereocenters. The average Bonchev–Trinajstić information content (AvgIpc) is 1.16. The molecule has 8 aliphatic heterocycles. The highest BCUT2D eigenvalue weighted by Gasteiger charge is 2.54. The highest BCUT2D eigenvalue weighted by Crippen LogP contribution is 2.36. The van der Waals surface area contributed by atoms with Crippen molar-refractivity contribution in [3.05, 3.63) is 0 Å². The highest BCUT2D eigenvalue weighted by molar-refractivity contribution is 7.81. The fraction of sp³-hybridized carbons (Fsp3) is 1.00. The van der Waals surface area contributed by atoms with Crippen LogP contribution in [-0.2, 0) is 115 Å². The van der Waals surface area contributed by atoms with Crippen LogP contribution in [0.3, 0.4) is 0 Å². The topological polar surface area (TPSA) is 656 Å². The summed E-state index contributed by atoms with van der Waals surface area (Å²) >= 11 is 0. The molecule has 0 saturated carbocycles. The Morgan fingerprint density at radius 1 is 0.360 bits per heavy atom. The van der Waals surface area contributed by atoms with Gasteiger partial charge in [0, 0.05) is 25.7 Å². The molecule has 520 valence electrons. The monoisotopic (exact) mass is 1370 g/mol. The quantitative estimate of drug-likeness (QED) is 0.0399. The number of aliphatic hydroxyl groups excluding tert-OH is 11. The van der Waals surface area contributed by atoms with Crippen molar-refractivity contribution in [2.45, 2.75) is 222 Å². The van der Waals surface area contributed by atoms with E-state index in [1.165, 1.54) is 0 Å². The average molecular weight is 1370 g/mol. The van der Waals surface area contributed by atoms with Crippen LogP contribution in [0.25, 0.3) is 0 Å². The predicted octanol–water partition coefficient (Wildman–Crippen LogP) is -12.4. The Balaban J connectivity index is 0.832. The van der Waals surface area contributed by atoms with E-state index in [0.29, 0.717) is 0 Å². The van der Waals surface area contributed by atoms with Gasteiger partial charge >= 0.3 is 31.2 Å². The Morgan fingerprint density at radius 3 is 0.944 bits per heavy atom. The van der Waals surface area contributed by atoms with E-state index in [1.54, 1.807) is 0 Å². The zero-order valence-corrected chi connectivity index (χ0v) is 49.0. The Bertz CT molecular complexity index is 2580. The second-order valence-electron chi connectivity index (χ2n) is 22.0. The van der Waals surface area contributed by atoms with Crippen molar-refractivity contribution >= 4 is 31.2 Å². The largest absolute Gasteiger partial charge is 0.397 e. The fourth-order valence-corrected chi connectivity index (χ4v) is 11.7. The Morgan fingerprint density at radius 2 is 0.640 bits per heavy atom. The summed E-state index contributed by atoms with van der Waals surface area (Å²) in [7, 11) is -15.4. The molecule has 0 spiro atoms. The minimum atomic E-state index is -5.20. The van der Waals surface area contributed by atoms with Gasteiger partial charge in [-0.1, -0.05) is 0 Å².